The van der Waals surface area contributed by atoms with Crippen LogP contribution >= 0.6 is 12.2 Å². The van der Waals surface area contributed by atoms with Crippen molar-refractivity contribution in [3.63, 3.8) is 0 Å². The maximum Gasteiger partial charge on any atom is 0.178 e. The topological polar surface area (TPSA) is 27.7 Å². The predicted molar refractivity (Wildman–Crippen MR) is 112 cm³/mol. The summed E-state index contributed by atoms with van der Waals surface area (Å²) in [5.41, 5.74) is 4.99. The number of hydrogen-bond donors (Lipinski definition) is 1. The molecule has 5 heteroatoms. The van der Waals surface area contributed by atoms with E-state index in [9.17, 15) is 0 Å². The average molecular weight is 368 g/mol. The van der Waals surface area contributed by atoms with Gasteiger partial charge in [-0.2, -0.15) is 0 Å². The Kier molecular flexibility index (Phi) is 4.59. The first-order valence-corrected chi connectivity index (χ1v) is 9.51. The van der Waals surface area contributed by atoms with Crippen LogP contribution in [0.15, 0.2) is 42.5 Å². The summed E-state index contributed by atoms with van der Waals surface area (Å²) in [5.74, 6) is 1.36. The molecule has 26 heavy (non-hydrogen) atoms. The van der Waals surface area contributed by atoms with Crippen LogP contribution in [0, 0.1) is 6.92 Å². The van der Waals surface area contributed by atoms with Crippen molar-refractivity contribution in [1.29, 1.82) is 0 Å². The third-order valence-corrected chi connectivity index (χ3v) is 5.81. The molecule has 0 spiro atoms. The van der Waals surface area contributed by atoms with E-state index in [2.05, 4.69) is 47.3 Å². The summed E-state index contributed by atoms with van der Waals surface area (Å²) in [7, 11) is 3.89. The van der Waals surface area contributed by atoms with Crippen molar-refractivity contribution in [2.45, 2.75) is 25.3 Å². The number of thiocarbonyl (C=S) groups is 1. The van der Waals surface area contributed by atoms with Gasteiger partial charge < -0.3 is 19.9 Å². The largest absolute Gasteiger partial charge is 0.497 e. The number of ether oxygens (including phenoxy) is 1. The molecule has 0 radical (unpaired) electrons. The zero-order valence-electron chi connectivity index (χ0n) is 15.5. The van der Waals surface area contributed by atoms with Crippen molar-refractivity contribution in [2.75, 3.05) is 37.5 Å². The Morgan fingerprint density at radius 2 is 1.96 bits per heavy atom. The standard InChI is InChI=1S/C21H25N3OS/c1-14-4-9-19-17(12-14)18-13-23(2)11-10-20(18)24(19)21(26)22-15-5-7-16(25-3)8-6-15/h4-9,12,18,20H,10-11,13H2,1-3H3,(H,22,26)/t18-,20-/m1/s1. The van der Waals surface area contributed by atoms with Crippen molar-refractivity contribution in [2.24, 2.45) is 0 Å². The first-order valence-electron chi connectivity index (χ1n) is 9.10. The molecule has 0 saturated carbocycles. The number of likely N-dealkylation sites (tertiary alicyclic amines) is 1. The van der Waals surface area contributed by atoms with E-state index in [1.165, 1.54) is 16.8 Å². The number of likely N-dealkylation sites (N-methyl/N-ethyl adjacent to an activating group) is 1. The van der Waals surface area contributed by atoms with Crippen molar-refractivity contribution in [3.05, 3.63) is 53.6 Å². The van der Waals surface area contributed by atoms with E-state index < -0.39 is 0 Å². The van der Waals surface area contributed by atoms with Crippen molar-refractivity contribution < 1.29 is 4.74 Å². The Morgan fingerprint density at radius 3 is 2.69 bits per heavy atom. The van der Waals surface area contributed by atoms with Crippen LogP contribution in [0.5, 0.6) is 5.75 Å². The lowest BCUT2D eigenvalue weighted by molar-refractivity contribution is 0.237. The fourth-order valence-corrected chi connectivity index (χ4v) is 4.56. The molecule has 0 unspecified atom stereocenters. The molecular weight excluding hydrogens is 342 g/mol. The maximum atomic E-state index is 5.83. The molecule has 2 atom stereocenters. The molecule has 2 aromatic rings. The highest BCUT2D eigenvalue weighted by molar-refractivity contribution is 7.80. The van der Waals surface area contributed by atoms with E-state index in [-0.39, 0.29) is 0 Å². The van der Waals surface area contributed by atoms with Crippen LogP contribution in [0.4, 0.5) is 11.4 Å². The highest BCUT2D eigenvalue weighted by Crippen LogP contribution is 2.45. The molecule has 1 fully saturated rings. The van der Waals surface area contributed by atoms with Gasteiger partial charge in [0, 0.05) is 29.9 Å². The van der Waals surface area contributed by atoms with Crippen LogP contribution in [0.3, 0.4) is 0 Å². The molecule has 2 aliphatic rings. The van der Waals surface area contributed by atoms with Gasteiger partial charge in [0.2, 0.25) is 0 Å². The minimum atomic E-state index is 0.432. The Balaban J connectivity index is 1.63. The molecule has 1 saturated heterocycles. The number of nitrogens with zero attached hydrogens (tertiary/aromatic N) is 2. The molecule has 4 rings (SSSR count). The van der Waals surface area contributed by atoms with E-state index in [4.69, 9.17) is 17.0 Å². The summed E-state index contributed by atoms with van der Waals surface area (Å²) < 4.78 is 5.24. The summed E-state index contributed by atoms with van der Waals surface area (Å²) in [6, 6.07) is 15.1. The fraction of sp³-hybridized carbons (Fsp3) is 0.381. The normalized spacial score (nSPS) is 21.9. The third kappa shape index (κ3) is 3.06. The lowest BCUT2D eigenvalue weighted by Gasteiger charge is -2.37. The van der Waals surface area contributed by atoms with Crippen LogP contribution in [-0.4, -0.2) is 43.3 Å². The molecular formula is C21H25N3OS. The Morgan fingerprint density at radius 1 is 1.19 bits per heavy atom. The number of rotatable bonds is 2. The van der Waals surface area contributed by atoms with Gasteiger partial charge in [-0.1, -0.05) is 17.7 Å². The Bertz CT molecular complexity index is 821. The zero-order valence-corrected chi connectivity index (χ0v) is 16.3. The molecule has 0 aromatic heterocycles. The number of nitrogens with one attached hydrogen (secondary N) is 1. The monoisotopic (exact) mass is 367 g/mol. The SMILES string of the molecule is COc1ccc(NC(=S)N2c3ccc(C)cc3[C@H]3CN(C)CC[C@H]32)cc1. The quantitative estimate of drug-likeness (QED) is 0.810. The van der Waals surface area contributed by atoms with Gasteiger partial charge in [0.15, 0.2) is 5.11 Å². The predicted octanol–water partition coefficient (Wildman–Crippen LogP) is 4.01. The number of methoxy groups -OCH3 is 1. The summed E-state index contributed by atoms with van der Waals surface area (Å²) in [4.78, 5) is 4.77. The van der Waals surface area contributed by atoms with Gasteiger partial charge in [-0.15, -0.1) is 0 Å². The minimum Gasteiger partial charge on any atom is -0.497 e. The van der Waals surface area contributed by atoms with Crippen LogP contribution < -0.4 is 15.0 Å². The molecule has 2 aromatic carbocycles. The molecule has 136 valence electrons. The first-order chi connectivity index (χ1) is 12.6. The summed E-state index contributed by atoms with van der Waals surface area (Å²) in [6.07, 6.45) is 1.12. The van der Waals surface area contributed by atoms with Crippen molar-refractivity contribution >= 4 is 28.7 Å². The van der Waals surface area contributed by atoms with Crippen LogP contribution in [0.1, 0.15) is 23.5 Å². The number of aryl methyl sites for hydroxylation is 1. The van der Waals surface area contributed by atoms with E-state index in [1.54, 1.807) is 7.11 Å². The van der Waals surface area contributed by atoms with Crippen molar-refractivity contribution in [3.8, 4) is 5.75 Å². The second kappa shape index (κ2) is 6.89. The minimum absolute atomic E-state index is 0.432. The number of anilines is 2. The fourth-order valence-electron chi connectivity index (χ4n) is 4.20. The second-order valence-electron chi connectivity index (χ2n) is 7.32. The van der Waals surface area contributed by atoms with Crippen LogP contribution in [-0.2, 0) is 0 Å². The number of hydrogen-bond acceptors (Lipinski definition) is 3. The second-order valence-corrected chi connectivity index (χ2v) is 7.70. The molecule has 0 bridgehead atoms. The average Bonchev–Trinajstić information content (AvgIpc) is 2.95. The first kappa shape index (κ1) is 17.3. The molecule has 2 heterocycles. The van der Waals surface area contributed by atoms with Gasteiger partial charge in [-0.05, 0) is 75.1 Å². The third-order valence-electron chi connectivity index (χ3n) is 5.51. The highest BCUT2D eigenvalue weighted by Gasteiger charge is 2.42. The number of benzene rings is 2. The van der Waals surface area contributed by atoms with Crippen LogP contribution in [0.2, 0.25) is 0 Å². The van der Waals surface area contributed by atoms with Crippen molar-refractivity contribution in [1.82, 2.24) is 4.90 Å². The van der Waals surface area contributed by atoms with E-state index in [0.717, 1.165) is 36.1 Å². The summed E-state index contributed by atoms with van der Waals surface area (Å²) in [6.45, 7) is 4.36. The number of piperidine rings is 1. The lowest BCUT2D eigenvalue weighted by atomic mass is 9.89. The molecule has 1 N–H and O–H groups in total. The van der Waals surface area contributed by atoms with Gasteiger partial charge in [0.05, 0.1) is 7.11 Å². The Labute approximate surface area is 160 Å². The summed E-state index contributed by atoms with van der Waals surface area (Å²) >= 11 is 5.83. The number of fused-ring (bicyclic) bond motifs is 3. The van der Waals surface area contributed by atoms with E-state index in [1.807, 2.05) is 24.3 Å². The molecule has 0 amide bonds. The lowest BCUT2D eigenvalue weighted by Crippen LogP contribution is -2.48. The van der Waals surface area contributed by atoms with Gasteiger partial charge in [-0.25, -0.2) is 0 Å². The molecule has 0 aliphatic carbocycles. The zero-order chi connectivity index (χ0) is 18.3. The smallest absolute Gasteiger partial charge is 0.178 e. The maximum absolute atomic E-state index is 5.83. The molecule has 4 nitrogen and oxygen atoms in total. The van der Waals surface area contributed by atoms with Gasteiger partial charge in [0.25, 0.3) is 0 Å². The van der Waals surface area contributed by atoms with E-state index >= 15 is 0 Å². The van der Waals surface area contributed by atoms with Gasteiger partial charge in [0.1, 0.15) is 5.75 Å². The van der Waals surface area contributed by atoms with E-state index in [0.29, 0.717) is 12.0 Å². The molecule has 2 aliphatic heterocycles. The van der Waals surface area contributed by atoms with Gasteiger partial charge in [-0.3, -0.25) is 0 Å². The Hall–Kier alpha value is -2.11. The van der Waals surface area contributed by atoms with Gasteiger partial charge >= 0.3 is 0 Å². The highest BCUT2D eigenvalue weighted by atomic mass is 32.1. The van der Waals surface area contributed by atoms with Crippen LogP contribution in [0.25, 0.3) is 0 Å². The summed E-state index contributed by atoms with van der Waals surface area (Å²) in [5, 5.41) is 4.20.